The first-order chi connectivity index (χ1) is 5.97. The van der Waals surface area contributed by atoms with Crippen molar-refractivity contribution in [1.82, 2.24) is 19.9 Å². The Hall–Kier alpha value is -1.34. The normalized spacial score (nSPS) is 7.73. The Morgan fingerprint density at radius 3 is 1.47 bits per heavy atom. The average Bonchev–Trinajstić information content (AvgIpc) is 2.21. The van der Waals surface area contributed by atoms with Gasteiger partial charge in [0.05, 0.1) is 11.4 Å². The Kier molecular flexibility index (Phi) is 8.60. The minimum Gasteiger partial charge on any atom is -2.00 e. The van der Waals surface area contributed by atoms with Crippen molar-refractivity contribution in [1.29, 1.82) is 0 Å². The van der Waals surface area contributed by atoms with Gasteiger partial charge in [-0.2, -0.15) is 0 Å². The Morgan fingerprint density at radius 2 is 1.20 bits per heavy atom. The summed E-state index contributed by atoms with van der Waals surface area (Å²) in [5.74, 6) is 0. The Bertz CT molecular complexity index is 322. The molecule has 0 aliphatic heterocycles. The molecule has 2 aromatic rings. The molecular weight excluding hydrogens is 235 g/mol. The summed E-state index contributed by atoms with van der Waals surface area (Å²) in [6.45, 7) is 0. The molecule has 75 valence electrons. The van der Waals surface area contributed by atoms with Crippen LogP contribution in [-0.2, 0) is 24.0 Å². The molecule has 0 saturated carbocycles. The number of nitrogens with zero attached hydrogens (tertiary/aromatic N) is 4. The van der Waals surface area contributed by atoms with Gasteiger partial charge >= 0.3 is 18.6 Å². The van der Waals surface area contributed by atoms with Crippen molar-refractivity contribution < 1.29 is 29.5 Å². The summed E-state index contributed by atoms with van der Waals surface area (Å²) in [5.41, 5.74) is 1.62. The van der Waals surface area contributed by atoms with Crippen LogP contribution in [0, 0.1) is 0 Å². The molecule has 2 rings (SSSR count). The second-order valence-electron chi connectivity index (χ2n) is 2.19. The summed E-state index contributed by atoms with van der Waals surface area (Å²) in [6, 6.07) is 3.62. The van der Waals surface area contributed by atoms with Crippen molar-refractivity contribution in [3.05, 3.63) is 37.2 Å². The maximum absolute atomic E-state index is 4.05. The number of rotatable bonds is 1. The van der Waals surface area contributed by atoms with E-state index in [4.69, 9.17) is 0 Å². The molecule has 1 N–H and O–H groups in total. The fraction of sp³-hybridized carbons (Fsp3) is 0. The Labute approximate surface area is 98.3 Å². The molecule has 6 nitrogen and oxygen atoms in total. The fourth-order valence-corrected chi connectivity index (χ4v) is 0.884. The smallest absolute Gasteiger partial charge is 2.00 e. The van der Waals surface area contributed by atoms with E-state index in [1.165, 1.54) is 12.7 Å². The van der Waals surface area contributed by atoms with Crippen molar-refractivity contribution in [3.8, 4) is 11.4 Å². The molecule has 2 heterocycles. The van der Waals surface area contributed by atoms with E-state index < -0.39 is 0 Å². The largest absolute Gasteiger partial charge is 4.00 e. The van der Waals surface area contributed by atoms with Crippen molar-refractivity contribution in [2.45, 2.75) is 0 Å². The third-order valence-corrected chi connectivity index (χ3v) is 1.43. The Balaban J connectivity index is 0. The number of aromatic nitrogens is 4. The SMILES string of the molecule is [O-2].[OH-].[V+4].c1cc(-c2ccncn2)ncn1. The molecule has 2 aromatic heterocycles. The van der Waals surface area contributed by atoms with Crippen LogP contribution in [0.3, 0.4) is 0 Å². The van der Waals surface area contributed by atoms with Gasteiger partial charge in [-0.1, -0.05) is 0 Å². The van der Waals surface area contributed by atoms with E-state index in [0.717, 1.165) is 11.4 Å². The maximum atomic E-state index is 4.05. The van der Waals surface area contributed by atoms with E-state index in [1.807, 2.05) is 12.1 Å². The van der Waals surface area contributed by atoms with Crippen molar-refractivity contribution in [2.75, 3.05) is 0 Å². The summed E-state index contributed by atoms with van der Waals surface area (Å²) in [7, 11) is 0. The van der Waals surface area contributed by atoms with E-state index in [-0.39, 0.29) is 29.5 Å². The first kappa shape index (κ1) is 16.1. The zero-order chi connectivity index (χ0) is 8.23. The second-order valence-corrected chi connectivity index (χ2v) is 2.19. The summed E-state index contributed by atoms with van der Waals surface area (Å²) >= 11 is 0. The van der Waals surface area contributed by atoms with Crippen LogP contribution in [0.1, 0.15) is 0 Å². The number of hydrogen-bond donors (Lipinski definition) is 0. The van der Waals surface area contributed by atoms with Gasteiger partial charge in [0.1, 0.15) is 12.7 Å². The van der Waals surface area contributed by atoms with Gasteiger partial charge in [0.15, 0.2) is 0 Å². The van der Waals surface area contributed by atoms with E-state index in [9.17, 15) is 0 Å². The van der Waals surface area contributed by atoms with Gasteiger partial charge in [-0.25, -0.2) is 19.9 Å². The summed E-state index contributed by atoms with van der Waals surface area (Å²) in [5, 5.41) is 0. The molecule has 7 heteroatoms. The van der Waals surface area contributed by atoms with Crippen molar-refractivity contribution in [3.63, 3.8) is 0 Å². The van der Waals surface area contributed by atoms with E-state index in [2.05, 4.69) is 19.9 Å². The first-order valence-electron chi connectivity index (χ1n) is 3.49. The molecule has 0 aliphatic rings. The number of hydrogen-bond acceptors (Lipinski definition) is 5. The van der Waals surface area contributed by atoms with Crippen LogP contribution in [0.15, 0.2) is 37.2 Å². The molecule has 0 spiro atoms. The summed E-state index contributed by atoms with van der Waals surface area (Å²) < 4.78 is 0. The molecule has 0 aromatic carbocycles. The molecule has 0 amide bonds. The van der Waals surface area contributed by atoms with Crippen molar-refractivity contribution in [2.24, 2.45) is 0 Å². The molecular formula is C8H7N4O2V+. The van der Waals surface area contributed by atoms with Crippen LogP contribution in [-0.4, -0.2) is 25.4 Å². The van der Waals surface area contributed by atoms with Crippen LogP contribution >= 0.6 is 0 Å². The monoisotopic (exact) mass is 242 g/mol. The zero-order valence-corrected chi connectivity index (χ0v) is 8.95. The van der Waals surface area contributed by atoms with Gasteiger partial charge in [0.2, 0.25) is 0 Å². The molecule has 1 radical (unpaired) electrons. The van der Waals surface area contributed by atoms with Crippen molar-refractivity contribution >= 4 is 0 Å². The first-order valence-corrected chi connectivity index (χ1v) is 3.49. The third-order valence-electron chi connectivity index (χ3n) is 1.43. The van der Waals surface area contributed by atoms with Crippen LogP contribution in [0.5, 0.6) is 0 Å². The Morgan fingerprint density at radius 1 is 0.800 bits per heavy atom. The quantitative estimate of drug-likeness (QED) is 0.728. The maximum Gasteiger partial charge on any atom is 4.00 e. The van der Waals surface area contributed by atoms with Gasteiger partial charge in [-0.15, -0.1) is 0 Å². The predicted molar refractivity (Wildman–Crippen MR) is 45.7 cm³/mol. The summed E-state index contributed by atoms with van der Waals surface area (Å²) in [4.78, 5) is 15.7. The second kappa shape index (κ2) is 8.01. The molecule has 0 unspecified atom stereocenters. The molecule has 15 heavy (non-hydrogen) atoms. The molecule has 0 atom stereocenters. The van der Waals surface area contributed by atoms with Crippen LogP contribution in [0.25, 0.3) is 11.4 Å². The zero-order valence-electron chi connectivity index (χ0n) is 7.56. The van der Waals surface area contributed by atoms with Gasteiger partial charge < -0.3 is 11.0 Å². The van der Waals surface area contributed by atoms with E-state index in [1.54, 1.807) is 12.4 Å². The minimum atomic E-state index is 0. The van der Waals surface area contributed by atoms with Crippen LogP contribution in [0.2, 0.25) is 0 Å². The van der Waals surface area contributed by atoms with Crippen LogP contribution < -0.4 is 0 Å². The standard InChI is InChI=1S/C8H6N4.H2O.O.V/c1-3-9-5-11-7(1)8-2-4-10-6-12-8;;;/h1-6H;1H2;;/q;;-2;+4/p-1. The van der Waals surface area contributed by atoms with Gasteiger partial charge in [0, 0.05) is 12.4 Å². The minimum absolute atomic E-state index is 0. The fourth-order valence-electron chi connectivity index (χ4n) is 0.884. The van der Waals surface area contributed by atoms with Crippen LogP contribution in [0.4, 0.5) is 0 Å². The summed E-state index contributed by atoms with van der Waals surface area (Å²) in [6.07, 6.45) is 6.36. The van der Waals surface area contributed by atoms with E-state index in [0.29, 0.717) is 0 Å². The molecule has 0 saturated heterocycles. The van der Waals surface area contributed by atoms with Gasteiger partial charge in [-0.05, 0) is 12.1 Å². The molecule has 0 aliphatic carbocycles. The molecule has 0 fully saturated rings. The molecule has 0 bridgehead atoms. The topological polar surface area (TPSA) is 110 Å². The predicted octanol–water partition coefficient (Wildman–Crippen LogP) is 0.635. The average molecular weight is 242 g/mol. The third kappa shape index (κ3) is 4.13. The van der Waals surface area contributed by atoms with Gasteiger partial charge in [-0.3, -0.25) is 0 Å². The van der Waals surface area contributed by atoms with Gasteiger partial charge in [0.25, 0.3) is 0 Å². The van der Waals surface area contributed by atoms with E-state index >= 15 is 0 Å².